The molecule has 0 radical (unpaired) electrons. The molecule has 0 aliphatic carbocycles. The van der Waals surface area contributed by atoms with Crippen molar-refractivity contribution in [3.05, 3.63) is 76.5 Å². The second kappa shape index (κ2) is 20.7. The Hall–Kier alpha value is -5.68. The van der Waals surface area contributed by atoms with E-state index in [2.05, 4.69) is 0 Å². The Morgan fingerprint density at radius 1 is 0.657 bits per heavy atom. The molecular weight excluding hydrogens is 900 g/mol. The zero-order chi connectivity index (χ0) is 48.4. The number of aliphatic hydroxyl groups is 10. The molecule has 67 heavy (non-hydrogen) atoms. The van der Waals surface area contributed by atoms with Crippen molar-refractivity contribution in [1.82, 2.24) is 0 Å². The summed E-state index contributed by atoms with van der Waals surface area (Å²) in [7, 11) is 1.30. The summed E-state index contributed by atoms with van der Waals surface area (Å²) in [6.45, 7) is -2.63. The zero-order valence-corrected chi connectivity index (χ0v) is 34.9. The van der Waals surface area contributed by atoms with Crippen LogP contribution in [-0.4, -0.2) is 191 Å². The van der Waals surface area contributed by atoms with Gasteiger partial charge in [0.15, 0.2) is 29.7 Å². The first-order chi connectivity index (χ1) is 32.0. The molecule has 7 rings (SSSR count). The molecule has 0 saturated carbocycles. The molecule has 0 amide bonds. The van der Waals surface area contributed by atoms with Crippen molar-refractivity contribution in [2.75, 3.05) is 26.9 Å². The fourth-order valence-electron chi connectivity index (χ4n) is 7.55. The molecule has 3 aliphatic rings. The molecule has 13 N–H and O–H groups in total. The number of phenolic OH excluding ortho intramolecular Hbond substituents is 3. The number of hydrogen-bond donors (Lipinski definition) is 13. The van der Waals surface area contributed by atoms with Crippen LogP contribution in [0.5, 0.6) is 34.5 Å². The van der Waals surface area contributed by atoms with Crippen molar-refractivity contribution in [3.8, 4) is 45.8 Å². The van der Waals surface area contributed by atoms with Crippen LogP contribution < -0.4 is 19.6 Å². The number of carbonyl (C=O) groups excluding carboxylic acids is 1. The minimum atomic E-state index is -2.13. The highest BCUT2D eigenvalue weighted by Gasteiger charge is 2.53. The van der Waals surface area contributed by atoms with E-state index in [1.165, 1.54) is 55.7 Å². The number of carbonyl (C=O) groups is 1. The maximum absolute atomic E-state index is 14.5. The van der Waals surface area contributed by atoms with Crippen molar-refractivity contribution >= 4 is 23.0 Å². The second-order valence-electron chi connectivity index (χ2n) is 15.6. The predicted molar refractivity (Wildman–Crippen MR) is 220 cm³/mol. The number of phenols is 3. The highest BCUT2D eigenvalue weighted by Crippen LogP contribution is 2.40. The molecule has 3 fully saturated rings. The molecule has 364 valence electrons. The molecule has 0 spiro atoms. The molecule has 0 bridgehead atoms. The Morgan fingerprint density at radius 3 is 1.90 bits per heavy atom. The maximum Gasteiger partial charge on any atom is 0.331 e. The first kappa shape index (κ1) is 49.2. The number of esters is 1. The molecule has 24 nitrogen and oxygen atoms in total. The fourth-order valence-corrected chi connectivity index (χ4v) is 7.55. The Labute approximate surface area is 377 Å². The summed E-state index contributed by atoms with van der Waals surface area (Å²) in [5.74, 6) is -3.89. The molecular formula is C43H48O24. The fraction of sp³-hybridized carbons (Fsp3) is 0.442. The summed E-state index contributed by atoms with van der Waals surface area (Å²) < 4.78 is 51.2. The lowest BCUT2D eigenvalue weighted by molar-refractivity contribution is -0.352. The van der Waals surface area contributed by atoms with Crippen LogP contribution in [0.25, 0.3) is 28.4 Å². The molecule has 4 aromatic rings. The molecule has 3 aliphatic heterocycles. The Morgan fingerprint density at radius 2 is 1.27 bits per heavy atom. The number of ether oxygens (including phenoxy) is 8. The minimum Gasteiger partial charge on any atom is -0.508 e. The van der Waals surface area contributed by atoms with Crippen molar-refractivity contribution in [3.63, 3.8) is 0 Å². The van der Waals surface area contributed by atoms with Crippen LogP contribution >= 0.6 is 0 Å². The summed E-state index contributed by atoms with van der Waals surface area (Å²) in [6.07, 6.45) is -25.2. The average molecular weight is 949 g/mol. The molecule has 15 atom stereocenters. The Bertz CT molecular complexity index is 2440. The minimum absolute atomic E-state index is 0.0336. The van der Waals surface area contributed by atoms with Crippen LogP contribution in [0.1, 0.15) is 5.56 Å². The van der Waals surface area contributed by atoms with Gasteiger partial charge in [-0.25, -0.2) is 4.79 Å². The third-order valence-corrected chi connectivity index (χ3v) is 11.2. The van der Waals surface area contributed by atoms with Gasteiger partial charge in [0.05, 0.1) is 26.9 Å². The van der Waals surface area contributed by atoms with Gasteiger partial charge in [-0.2, -0.15) is 0 Å². The molecule has 24 heteroatoms. The lowest BCUT2D eigenvalue weighted by Gasteiger charge is -2.46. The average Bonchev–Trinajstić information content (AvgIpc) is 3.31. The number of benzene rings is 3. The Balaban J connectivity index is 1.27. The monoisotopic (exact) mass is 948 g/mol. The quantitative estimate of drug-likeness (QED) is 0.0443. The number of methoxy groups -OCH3 is 1. The van der Waals surface area contributed by atoms with Crippen molar-refractivity contribution in [2.24, 2.45) is 0 Å². The van der Waals surface area contributed by atoms with E-state index < -0.39 is 152 Å². The molecule has 0 unspecified atom stereocenters. The second-order valence-corrected chi connectivity index (χ2v) is 15.6. The smallest absolute Gasteiger partial charge is 0.331 e. The van der Waals surface area contributed by atoms with Gasteiger partial charge in [0.2, 0.25) is 23.8 Å². The van der Waals surface area contributed by atoms with Gasteiger partial charge in [-0.1, -0.05) is 6.07 Å². The van der Waals surface area contributed by atoms with Gasteiger partial charge in [-0.3, -0.25) is 4.79 Å². The van der Waals surface area contributed by atoms with E-state index in [1.807, 2.05) is 0 Å². The lowest BCUT2D eigenvalue weighted by Crippen LogP contribution is -2.65. The number of rotatable bonds is 14. The maximum atomic E-state index is 14.5. The highest BCUT2D eigenvalue weighted by atomic mass is 16.8. The first-order valence-corrected chi connectivity index (χ1v) is 20.4. The number of hydrogen-bond acceptors (Lipinski definition) is 24. The summed E-state index contributed by atoms with van der Waals surface area (Å²) >= 11 is 0. The molecule has 3 aromatic carbocycles. The summed E-state index contributed by atoms with van der Waals surface area (Å²) in [5, 5.41) is 135. The van der Waals surface area contributed by atoms with Gasteiger partial charge in [0, 0.05) is 23.8 Å². The number of aromatic hydroxyl groups is 3. The third-order valence-electron chi connectivity index (χ3n) is 11.2. The SMILES string of the molecule is COc1cc(C=CC(=O)O[C@@H]2[C@@H](Oc3c(-c4ccc(O)cc4)oc4cc(O[C@H]5O[C@@H](CO)[C@H](O)[C@H](O)[C@@H]5O)cc(O)c4c3=O)O[C@@H](CO)[C@@H](O[C@H]3O[C@@H](CO)[C@H](O)[C@H](O)[C@@H]3O)[C@H]2O)ccc1O. The number of fused-ring (bicyclic) bond motifs is 1. The third kappa shape index (κ3) is 10.1. The van der Waals surface area contributed by atoms with Gasteiger partial charge >= 0.3 is 5.97 Å². The van der Waals surface area contributed by atoms with Gasteiger partial charge in [-0.05, 0) is 48.0 Å². The van der Waals surface area contributed by atoms with Crippen LogP contribution in [0.3, 0.4) is 0 Å². The van der Waals surface area contributed by atoms with Crippen molar-refractivity contribution in [1.29, 1.82) is 0 Å². The van der Waals surface area contributed by atoms with E-state index in [9.17, 15) is 76.0 Å². The van der Waals surface area contributed by atoms with Crippen molar-refractivity contribution in [2.45, 2.75) is 92.1 Å². The Kier molecular flexibility index (Phi) is 15.2. The lowest BCUT2D eigenvalue weighted by atomic mass is 9.96. The van der Waals surface area contributed by atoms with E-state index in [0.29, 0.717) is 5.56 Å². The molecule has 4 heterocycles. The van der Waals surface area contributed by atoms with Crippen LogP contribution in [0.4, 0.5) is 0 Å². The van der Waals surface area contributed by atoms with E-state index in [4.69, 9.17) is 42.3 Å². The highest BCUT2D eigenvalue weighted by molar-refractivity contribution is 5.89. The van der Waals surface area contributed by atoms with E-state index >= 15 is 0 Å². The van der Waals surface area contributed by atoms with Crippen LogP contribution in [0, 0.1) is 0 Å². The normalized spacial score (nSPS) is 32.3. The molecule has 3 saturated heterocycles. The number of aliphatic hydroxyl groups excluding tert-OH is 10. The standard InChI is InChI=1S/C43H48O24/c1-59-22-10-16(2-8-20(22)48)3-9-27(50)65-40-36(58)38(66-42-35(57)33(55)30(52)25(14-45)63-42)26(15-46)64-43(40)67-39-31(53)28-21(49)11-19(60-41-34(56)32(54)29(51)24(13-44)62-41)12-23(28)61-37(39)17-4-6-18(47)7-5-17/h2-12,24-26,29-30,32-36,38,40-49,51-52,54-58H,13-15H2,1H3/t24-,25-,26-,29-,30-,32-,33-,34-,35-,36+,38+,40-,41-,42+,43+/m0/s1. The van der Waals surface area contributed by atoms with Crippen LogP contribution in [-0.2, 0) is 28.5 Å². The largest absolute Gasteiger partial charge is 0.508 e. The topological polar surface area (TPSA) is 384 Å². The van der Waals surface area contributed by atoms with Gasteiger partial charge in [-0.15, -0.1) is 0 Å². The van der Waals surface area contributed by atoms with Crippen LogP contribution in [0.2, 0.25) is 0 Å². The first-order valence-electron chi connectivity index (χ1n) is 20.4. The predicted octanol–water partition coefficient (Wildman–Crippen LogP) is -2.97. The van der Waals surface area contributed by atoms with Gasteiger partial charge in [0.1, 0.15) is 95.4 Å². The van der Waals surface area contributed by atoms with Crippen molar-refractivity contribution < 1.29 is 113 Å². The van der Waals surface area contributed by atoms with Gasteiger partial charge < -0.3 is 109 Å². The van der Waals surface area contributed by atoms with Crippen LogP contribution in [0.15, 0.2) is 69.9 Å². The van der Waals surface area contributed by atoms with Gasteiger partial charge in [0.25, 0.3) is 0 Å². The van der Waals surface area contributed by atoms with E-state index in [0.717, 1.165) is 18.2 Å². The molecule has 1 aromatic heterocycles. The summed E-state index contributed by atoms with van der Waals surface area (Å²) in [6, 6.07) is 11.1. The summed E-state index contributed by atoms with van der Waals surface area (Å²) in [5.41, 5.74) is -1.17. The van der Waals surface area contributed by atoms with E-state index in [-0.39, 0.29) is 28.6 Å². The zero-order valence-electron chi connectivity index (χ0n) is 34.9. The van der Waals surface area contributed by atoms with E-state index in [1.54, 1.807) is 0 Å². The summed E-state index contributed by atoms with van der Waals surface area (Å²) in [4.78, 5) is 28.1.